The number of hydrogen-bond donors (Lipinski definition) is 1. The number of carbonyl (C=O) groups is 1. The van der Waals surface area contributed by atoms with Gasteiger partial charge in [-0.15, -0.1) is 0 Å². The third-order valence-corrected chi connectivity index (χ3v) is 4.03. The molecule has 1 amide bonds. The van der Waals surface area contributed by atoms with Crippen molar-refractivity contribution in [1.82, 2.24) is 9.97 Å². The molecule has 118 valence electrons. The first-order chi connectivity index (χ1) is 11.6. The summed E-state index contributed by atoms with van der Waals surface area (Å²) in [5, 5.41) is 5.66. The van der Waals surface area contributed by atoms with E-state index in [2.05, 4.69) is 15.1 Å². The summed E-state index contributed by atoms with van der Waals surface area (Å²) in [4.78, 5) is 32.4. The van der Waals surface area contributed by atoms with Crippen molar-refractivity contribution in [2.45, 2.75) is 12.8 Å². The van der Waals surface area contributed by atoms with Crippen molar-refractivity contribution >= 4 is 28.3 Å². The summed E-state index contributed by atoms with van der Waals surface area (Å²) in [7, 11) is 0. The molecule has 24 heavy (non-hydrogen) atoms. The highest BCUT2D eigenvalue weighted by atomic mass is 16.2. The lowest BCUT2D eigenvalue weighted by molar-refractivity contribution is -0.118. The number of nitrogens with one attached hydrogen (secondary N) is 1. The molecule has 4 rings (SSSR count). The molecule has 0 aliphatic carbocycles. The number of rotatable bonds is 2. The van der Waals surface area contributed by atoms with E-state index >= 15 is 0 Å². The van der Waals surface area contributed by atoms with Gasteiger partial charge in [-0.25, -0.2) is 4.98 Å². The van der Waals surface area contributed by atoms with Crippen LogP contribution in [-0.4, -0.2) is 21.6 Å². The fraction of sp³-hybridized carbons (Fsp3) is 0.111. The molecule has 1 N–H and O–H groups in total. The Balaban J connectivity index is 1.81. The van der Waals surface area contributed by atoms with E-state index in [9.17, 15) is 9.59 Å². The Morgan fingerprint density at radius 2 is 1.71 bits per heavy atom. The Bertz CT molecular complexity index is 1020. The van der Waals surface area contributed by atoms with Gasteiger partial charge in [0.1, 0.15) is 11.6 Å². The molecular formula is C18H14N4O2. The van der Waals surface area contributed by atoms with Crippen molar-refractivity contribution in [2.24, 2.45) is 5.10 Å². The molecule has 6 nitrogen and oxygen atoms in total. The summed E-state index contributed by atoms with van der Waals surface area (Å²) in [5.41, 5.74) is 2.32. The summed E-state index contributed by atoms with van der Waals surface area (Å²) >= 11 is 0. The number of hydrogen-bond acceptors (Lipinski definition) is 4. The van der Waals surface area contributed by atoms with Crippen molar-refractivity contribution in [3.63, 3.8) is 0 Å². The summed E-state index contributed by atoms with van der Waals surface area (Å²) in [6.45, 7) is 1.74. The van der Waals surface area contributed by atoms with Gasteiger partial charge in [0.25, 0.3) is 11.5 Å². The zero-order valence-corrected chi connectivity index (χ0v) is 12.9. The average molecular weight is 318 g/mol. The number of carbonyl (C=O) groups excluding carboxylic acids is 1. The van der Waals surface area contributed by atoms with Crippen molar-refractivity contribution in [3.05, 3.63) is 70.6 Å². The number of H-pyrrole nitrogens is 1. The molecule has 0 saturated carbocycles. The molecule has 0 bridgehead atoms. The zero-order valence-electron chi connectivity index (χ0n) is 12.9. The second-order valence-electron chi connectivity index (χ2n) is 5.63. The van der Waals surface area contributed by atoms with Crippen LogP contribution in [0.15, 0.2) is 64.5 Å². The van der Waals surface area contributed by atoms with Gasteiger partial charge in [0.15, 0.2) is 0 Å². The Kier molecular flexibility index (Phi) is 3.23. The zero-order chi connectivity index (χ0) is 16.7. The molecule has 1 unspecified atom stereocenters. The van der Waals surface area contributed by atoms with Crippen molar-refractivity contribution in [3.8, 4) is 0 Å². The van der Waals surface area contributed by atoms with E-state index in [1.54, 1.807) is 31.2 Å². The minimum atomic E-state index is -0.765. The fourth-order valence-corrected chi connectivity index (χ4v) is 2.87. The summed E-state index contributed by atoms with van der Waals surface area (Å²) < 4.78 is 0. The van der Waals surface area contributed by atoms with Crippen LogP contribution in [0.1, 0.15) is 18.5 Å². The van der Waals surface area contributed by atoms with Crippen LogP contribution in [0.3, 0.4) is 0 Å². The van der Waals surface area contributed by atoms with Gasteiger partial charge in [0.2, 0.25) is 0 Å². The van der Waals surface area contributed by atoms with Gasteiger partial charge in [0.05, 0.1) is 22.4 Å². The topological polar surface area (TPSA) is 78.4 Å². The number of fused-ring (bicyclic) bond motifs is 1. The molecule has 1 aliphatic heterocycles. The van der Waals surface area contributed by atoms with Gasteiger partial charge in [-0.3, -0.25) is 9.59 Å². The van der Waals surface area contributed by atoms with E-state index in [0.717, 1.165) is 0 Å². The first kappa shape index (κ1) is 14.3. The number of anilines is 1. The molecule has 2 heterocycles. The molecule has 1 aromatic heterocycles. The quantitative estimate of drug-likeness (QED) is 0.788. The molecule has 6 heteroatoms. The van der Waals surface area contributed by atoms with Crippen LogP contribution in [-0.2, 0) is 4.79 Å². The highest BCUT2D eigenvalue weighted by Gasteiger charge is 2.38. The number of aromatic amines is 1. The average Bonchev–Trinajstić information content (AvgIpc) is 2.90. The third-order valence-electron chi connectivity index (χ3n) is 4.03. The molecular weight excluding hydrogens is 304 g/mol. The third kappa shape index (κ3) is 2.20. The van der Waals surface area contributed by atoms with Crippen molar-refractivity contribution < 1.29 is 4.79 Å². The molecule has 1 aliphatic rings. The first-order valence-corrected chi connectivity index (χ1v) is 7.58. The van der Waals surface area contributed by atoms with Gasteiger partial charge in [0, 0.05) is 0 Å². The maximum atomic E-state index is 12.8. The standard InChI is InChI=1S/C18H14N4O2/c1-11-15(18(24)22(21-11)12-7-3-2-4-8-12)16-17(23)20-14-10-6-5-9-13(14)19-16/h2-10,15H,1H3,(H,20,23). The van der Waals surface area contributed by atoms with Crippen LogP contribution < -0.4 is 10.6 Å². The number of amides is 1. The van der Waals surface area contributed by atoms with Gasteiger partial charge in [-0.2, -0.15) is 10.1 Å². The molecule has 3 aromatic rings. The lowest BCUT2D eigenvalue weighted by Gasteiger charge is -2.13. The second-order valence-corrected chi connectivity index (χ2v) is 5.63. The molecule has 0 saturated heterocycles. The highest BCUT2D eigenvalue weighted by molar-refractivity contribution is 6.18. The van der Waals surface area contributed by atoms with Crippen LogP contribution in [0.2, 0.25) is 0 Å². The molecule has 1 atom stereocenters. The highest BCUT2D eigenvalue weighted by Crippen LogP contribution is 2.28. The number of hydrazone groups is 1. The number of aromatic nitrogens is 2. The van der Waals surface area contributed by atoms with Crippen LogP contribution >= 0.6 is 0 Å². The minimum absolute atomic E-state index is 0.179. The van der Waals surface area contributed by atoms with Crippen LogP contribution in [0, 0.1) is 0 Å². The van der Waals surface area contributed by atoms with Gasteiger partial charge in [-0.1, -0.05) is 30.3 Å². The fourth-order valence-electron chi connectivity index (χ4n) is 2.87. The number of benzene rings is 2. The van der Waals surface area contributed by atoms with Crippen LogP contribution in [0.25, 0.3) is 11.0 Å². The number of nitrogens with zero attached hydrogens (tertiary/aromatic N) is 3. The predicted octanol–water partition coefficient (Wildman–Crippen LogP) is 2.43. The number of para-hydroxylation sites is 3. The lowest BCUT2D eigenvalue weighted by Crippen LogP contribution is -2.30. The summed E-state index contributed by atoms with van der Waals surface area (Å²) in [6, 6.07) is 16.4. The van der Waals surface area contributed by atoms with Crippen molar-refractivity contribution in [2.75, 3.05) is 5.01 Å². The van der Waals surface area contributed by atoms with Gasteiger partial charge < -0.3 is 4.98 Å². The normalized spacial score (nSPS) is 17.4. The smallest absolute Gasteiger partial charge is 0.271 e. The maximum absolute atomic E-state index is 12.8. The Morgan fingerprint density at radius 1 is 1.00 bits per heavy atom. The predicted molar refractivity (Wildman–Crippen MR) is 92.1 cm³/mol. The largest absolute Gasteiger partial charge is 0.319 e. The molecule has 0 spiro atoms. The van der Waals surface area contributed by atoms with Crippen molar-refractivity contribution in [1.29, 1.82) is 0 Å². The monoisotopic (exact) mass is 318 g/mol. The van der Waals surface area contributed by atoms with E-state index in [-0.39, 0.29) is 17.2 Å². The van der Waals surface area contributed by atoms with E-state index in [1.807, 2.05) is 30.3 Å². The Hall–Kier alpha value is -3.28. The van der Waals surface area contributed by atoms with Gasteiger partial charge in [-0.05, 0) is 31.2 Å². The van der Waals surface area contributed by atoms with E-state index in [4.69, 9.17) is 0 Å². The molecule has 2 aromatic carbocycles. The minimum Gasteiger partial charge on any atom is -0.319 e. The first-order valence-electron chi connectivity index (χ1n) is 7.58. The second kappa shape index (κ2) is 5.42. The van der Waals surface area contributed by atoms with Crippen LogP contribution in [0.5, 0.6) is 0 Å². The Morgan fingerprint density at radius 3 is 2.50 bits per heavy atom. The van der Waals surface area contributed by atoms with E-state index in [0.29, 0.717) is 22.4 Å². The Labute approximate surface area is 137 Å². The maximum Gasteiger partial charge on any atom is 0.271 e. The molecule has 0 radical (unpaired) electrons. The van der Waals surface area contributed by atoms with Crippen LogP contribution in [0.4, 0.5) is 5.69 Å². The lowest BCUT2D eigenvalue weighted by atomic mass is 10.0. The van der Waals surface area contributed by atoms with E-state index in [1.165, 1.54) is 5.01 Å². The summed E-state index contributed by atoms with van der Waals surface area (Å²) in [5.74, 6) is -1.04. The SMILES string of the molecule is CC1=NN(c2ccccc2)C(=O)C1c1nc2ccccc2[nH]c1=O. The molecule has 0 fully saturated rings. The van der Waals surface area contributed by atoms with Gasteiger partial charge >= 0.3 is 0 Å². The summed E-state index contributed by atoms with van der Waals surface area (Å²) in [6.07, 6.45) is 0. The van der Waals surface area contributed by atoms with E-state index < -0.39 is 5.92 Å².